The van der Waals surface area contributed by atoms with Gasteiger partial charge in [-0.2, -0.15) is 17.0 Å². The second-order valence-electron chi connectivity index (χ2n) is 4.85. The summed E-state index contributed by atoms with van der Waals surface area (Å²) in [5.74, 6) is 0. The zero-order valence-electron chi connectivity index (χ0n) is 10.1. The van der Waals surface area contributed by atoms with Gasteiger partial charge in [0.1, 0.15) is 0 Å². The van der Waals surface area contributed by atoms with Gasteiger partial charge in [-0.25, -0.2) is 0 Å². The Kier molecular flexibility index (Phi) is 4.86. The van der Waals surface area contributed by atoms with E-state index in [0.29, 0.717) is 19.6 Å². The van der Waals surface area contributed by atoms with E-state index in [9.17, 15) is 8.42 Å². The second-order valence-corrected chi connectivity index (χ2v) is 7.53. The lowest BCUT2D eigenvalue weighted by Crippen LogP contribution is -2.47. The van der Waals surface area contributed by atoms with Gasteiger partial charge in [0.15, 0.2) is 0 Å². The number of nitrogens with zero attached hydrogens (tertiary/aromatic N) is 2. The van der Waals surface area contributed by atoms with Crippen molar-refractivity contribution in [2.75, 3.05) is 25.0 Å². The van der Waals surface area contributed by atoms with Gasteiger partial charge in [0.2, 0.25) is 0 Å². The molecule has 100 valence electrons. The van der Waals surface area contributed by atoms with Crippen molar-refractivity contribution < 1.29 is 8.42 Å². The first-order chi connectivity index (χ1) is 8.16. The average molecular weight is 325 g/mol. The molecule has 0 aromatic rings. The zero-order valence-corrected chi connectivity index (χ0v) is 12.5. The summed E-state index contributed by atoms with van der Waals surface area (Å²) in [6.45, 7) is 2.01. The monoisotopic (exact) mass is 324 g/mol. The number of alkyl halides is 1. The molecule has 0 radical (unpaired) electrons. The average Bonchev–Trinajstić information content (AvgIpc) is 2.97. The summed E-state index contributed by atoms with van der Waals surface area (Å²) in [6.07, 6.45) is 6.40. The molecule has 1 aliphatic carbocycles. The van der Waals surface area contributed by atoms with Crippen LogP contribution in [-0.4, -0.2) is 48.0 Å². The molecule has 0 aromatic heterocycles. The van der Waals surface area contributed by atoms with Crippen LogP contribution in [-0.2, 0) is 10.2 Å². The van der Waals surface area contributed by atoms with Crippen molar-refractivity contribution in [2.45, 2.75) is 44.6 Å². The highest BCUT2D eigenvalue weighted by molar-refractivity contribution is 9.09. The first-order valence-corrected chi connectivity index (χ1v) is 9.01. The van der Waals surface area contributed by atoms with Gasteiger partial charge in [0.25, 0.3) is 10.2 Å². The predicted octanol–water partition coefficient (Wildman–Crippen LogP) is 1.97. The maximum Gasteiger partial charge on any atom is 0.282 e. The summed E-state index contributed by atoms with van der Waals surface area (Å²) in [7, 11) is -3.21. The SMILES string of the molecule is O=S(=O)(N1CCCC1)N(CCBr)C1CCCC1. The van der Waals surface area contributed by atoms with Crippen molar-refractivity contribution in [3.05, 3.63) is 0 Å². The van der Waals surface area contributed by atoms with Crippen LogP contribution in [0.1, 0.15) is 38.5 Å². The van der Waals surface area contributed by atoms with Gasteiger partial charge in [-0.3, -0.25) is 0 Å². The van der Waals surface area contributed by atoms with Crippen LogP contribution >= 0.6 is 15.9 Å². The Morgan fingerprint density at radius 1 is 1.12 bits per heavy atom. The standard InChI is InChI=1S/C11H21BrN2O2S/c12-7-10-14(11-5-1-2-6-11)17(15,16)13-8-3-4-9-13/h11H,1-10H2. The molecule has 0 atom stereocenters. The molecule has 0 aromatic carbocycles. The molecule has 2 rings (SSSR count). The highest BCUT2D eigenvalue weighted by Crippen LogP contribution is 2.28. The molecular formula is C11H21BrN2O2S. The number of halogens is 1. The largest absolute Gasteiger partial charge is 0.282 e. The molecular weight excluding hydrogens is 304 g/mol. The number of rotatable bonds is 5. The van der Waals surface area contributed by atoms with Crippen LogP contribution in [0.3, 0.4) is 0 Å². The lowest BCUT2D eigenvalue weighted by atomic mass is 10.2. The lowest BCUT2D eigenvalue weighted by molar-refractivity contribution is 0.307. The minimum absolute atomic E-state index is 0.234. The molecule has 17 heavy (non-hydrogen) atoms. The Hall–Kier alpha value is 0.350. The van der Waals surface area contributed by atoms with E-state index in [4.69, 9.17) is 0 Å². The number of hydrogen-bond acceptors (Lipinski definition) is 2. The van der Waals surface area contributed by atoms with Crippen molar-refractivity contribution >= 4 is 26.1 Å². The van der Waals surface area contributed by atoms with Crippen molar-refractivity contribution in [1.29, 1.82) is 0 Å². The summed E-state index contributed by atoms with van der Waals surface area (Å²) in [5.41, 5.74) is 0. The summed E-state index contributed by atoms with van der Waals surface area (Å²) >= 11 is 3.37. The van der Waals surface area contributed by atoms with Crippen LogP contribution in [0.15, 0.2) is 0 Å². The van der Waals surface area contributed by atoms with E-state index in [-0.39, 0.29) is 6.04 Å². The molecule has 0 amide bonds. The highest BCUT2D eigenvalue weighted by atomic mass is 79.9. The van der Waals surface area contributed by atoms with E-state index in [1.807, 2.05) is 0 Å². The third kappa shape index (κ3) is 3.03. The molecule has 0 N–H and O–H groups in total. The van der Waals surface area contributed by atoms with E-state index in [0.717, 1.165) is 31.0 Å². The first kappa shape index (κ1) is 13.8. The van der Waals surface area contributed by atoms with Gasteiger partial charge >= 0.3 is 0 Å². The molecule has 1 heterocycles. The lowest BCUT2D eigenvalue weighted by Gasteiger charge is -2.31. The van der Waals surface area contributed by atoms with Crippen LogP contribution < -0.4 is 0 Å². The molecule has 4 nitrogen and oxygen atoms in total. The third-order valence-electron chi connectivity index (χ3n) is 3.72. The smallest absolute Gasteiger partial charge is 0.195 e. The van der Waals surface area contributed by atoms with Gasteiger partial charge in [-0.05, 0) is 25.7 Å². The predicted molar refractivity (Wildman–Crippen MR) is 72.5 cm³/mol. The number of hydrogen-bond donors (Lipinski definition) is 0. The Balaban J connectivity index is 2.12. The molecule has 0 spiro atoms. The molecule has 0 unspecified atom stereocenters. The van der Waals surface area contributed by atoms with E-state index in [1.54, 1.807) is 8.61 Å². The molecule has 2 fully saturated rings. The van der Waals surface area contributed by atoms with Crippen molar-refractivity contribution in [2.24, 2.45) is 0 Å². The van der Waals surface area contributed by atoms with Crippen molar-refractivity contribution in [3.8, 4) is 0 Å². The molecule has 1 saturated heterocycles. The first-order valence-electron chi connectivity index (χ1n) is 6.49. The summed E-state index contributed by atoms with van der Waals surface area (Å²) < 4.78 is 28.5. The van der Waals surface area contributed by atoms with Crippen molar-refractivity contribution in [1.82, 2.24) is 8.61 Å². The summed E-state index contributed by atoms with van der Waals surface area (Å²) in [6, 6.07) is 0.234. The van der Waals surface area contributed by atoms with E-state index in [2.05, 4.69) is 15.9 Å². The van der Waals surface area contributed by atoms with Gasteiger partial charge < -0.3 is 0 Å². The van der Waals surface area contributed by atoms with Gasteiger partial charge in [-0.1, -0.05) is 28.8 Å². The quantitative estimate of drug-likeness (QED) is 0.725. The second kappa shape index (κ2) is 5.99. The van der Waals surface area contributed by atoms with Gasteiger partial charge in [0.05, 0.1) is 0 Å². The van der Waals surface area contributed by atoms with Crippen LogP contribution in [0.2, 0.25) is 0 Å². The fourth-order valence-corrected chi connectivity index (χ4v) is 5.37. The van der Waals surface area contributed by atoms with Gasteiger partial charge in [-0.15, -0.1) is 0 Å². The Morgan fingerprint density at radius 2 is 1.71 bits per heavy atom. The van der Waals surface area contributed by atoms with Crippen LogP contribution in [0.5, 0.6) is 0 Å². The fourth-order valence-electron chi connectivity index (χ4n) is 2.83. The Morgan fingerprint density at radius 3 is 2.24 bits per heavy atom. The fraction of sp³-hybridized carbons (Fsp3) is 1.00. The summed E-state index contributed by atoms with van der Waals surface area (Å²) in [4.78, 5) is 0. The zero-order chi connectivity index (χ0) is 12.3. The minimum atomic E-state index is -3.21. The maximum absolute atomic E-state index is 12.5. The highest BCUT2D eigenvalue weighted by Gasteiger charge is 2.36. The molecule has 2 aliphatic rings. The maximum atomic E-state index is 12.5. The normalized spacial score (nSPS) is 23.9. The topological polar surface area (TPSA) is 40.6 Å². The minimum Gasteiger partial charge on any atom is -0.195 e. The Bertz CT molecular complexity index is 335. The van der Waals surface area contributed by atoms with Crippen LogP contribution in [0, 0.1) is 0 Å². The van der Waals surface area contributed by atoms with Gasteiger partial charge in [0, 0.05) is 31.0 Å². The molecule has 0 bridgehead atoms. The van der Waals surface area contributed by atoms with Crippen molar-refractivity contribution in [3.63, 3.8) is 0 Å². The third-order valence-corrected chi connectivity index (χ3v) is 6.17. The molecule has 1 saturated carbocycles. The molecule has 1 aliphatic heterocycles. The molecule has 6 heteroatoms. The van der Waals surface area contributed by atoms with Crippen LogP contribution in [0.4, 0.5) is 0 Å². The van der Waals surface area contributed by atoms with E-state index in [1.165, 1.54) is 12.8 Å². The summed E-state index contributed by atoms with van der Waals surface area (Å²) in [5, 5.41) is 0.719. The van der Waals surface area contributed by atoms with E-state index >= 15 is 0 Å². The van der Waals surface area contributed by atoms with E-state index < -0.39 is 10.2 Å². The Labute approximate surface area is 113 Å². The van der Waals surface area contributed by atoms with Crippen LogP contribution in [0.25, 0.3) is 0 Å².